The normalized spacial score (nSPS) is 2.17. The van der Waals surface area contributed by atoms with Gasteiger partial charge in [-0.3, -0.25) is 0 Å². The van der Waals surface area contributed by atoms with Crippen LogP contribution in [0.1, 0.15) is 1.43 Å². The average molecular weight is 91.9 g/mol. The molecule has 0 aliphatic rings. The Labute approximate surface area is 62.9 Å². The van der Waals surface area contributed by atoms with Crippen LogP contribution in [0.2, 0.25) is 0 Å². The molecule has 0 rings (SSSR count). The van der Waals surface area contributed by atoms with Crippen molar-refractivity contribution in [3.8, 4) is 5.97 Å². The minimum atomic E-state index is 0. The Morgan fingerprint density at radius 1 is 1.83 bits per heavy atom. The molecule has 2 radical (unpaired) electrons. The maximum absolute atomic E-state index is 7.10. The molecule has 0 amide bonds. The van der Waals surface area contributed by atoms with Gasteiger partial charge in [-0.15, -0.1) is 0 Å². The van der Waals surface area contributed by atoms with Gasteiger partial charge in [-0.2, -0.15) is 0 Å². The number of rotatable bonds is 0. The van der Waals surface area contributed by atoms with Crippen LogP contribution in [0.4, 0.5) is 0 Å². The Hall–Kier alpha value is 0.515. The second kappa shape index (κ2) is 49.0. The maximum atomic E-state index is 7.10. The molecule has 0 fully saturated rings. The molecule has 6 heavy (non-hydrogen) atoms. The van der Waals surface area contributed by atoms with Crippen molar-refractivity contribution >= 4 is 7.85 Å². The average Bonchev–Trinajstić information content (AvgIpc) is 1.46. The predicted molar refractivity (Wildman–Crippen MR) is 22.6 cm³/mol. The van der Waals surface area contributed by atoms with Gasteiger partial charge in [0.1, 0.15) is 0 Å². The molecule has 0 aromatic carbocycles. The Bertz CT molecular complexity index is 37.2. The molecule has 0 saturated carbocycles. The number of nitrogens with two attached hydrogens (primary N) is 1. The predicted octanol–water partition coefficient (Wildman–Crippen LogP) is -3.67. The topological polar surface area (TPSA) is 49.8 Å². The van der Waals surface area contributed by atoms with Crippen LogP contribution >= 0.6 is 0 Å². The second-order valence-electron chi connectivity index (χ2n) is 0.129. The zero-order chi connectivity index (χ0) is 4.71. The SMILES string of the molecule is CN.[B]C#N.[H-].[Na+]. The van der Waals surface area contributed by atoms with Crippen molar-refractivity contribution < 1.29 is 31.0 Å². The minimum absolute atomic E-state index is 0. The van der Waals surface area contributed by atoms with Crippen LogP contribution in [0, 0.1) is 11.2 Å². The Morgan fingerprint density at radius 3 is 1.83 bits per heavy atom. The molecule has 0 heterocycles. The van der Waals surface area contributed by atoms with Crippen molar-refractivity contribution in [2.24, 2.45) is 5.73 Å². The molecule has 0 unspecified atom stereocenters. The van der Waals surface area contributed by atoms with Gasteiger partial charge in [0.15, 0.2) is 0 Å². The molecule has 0 aliphatic carbocycles. The standard InChI is InChI=1S/CBN.CH5N.Na.H/c2-1-3;1-2;;/h;2H2,1H3;;/q;;+1;-1. The van der Waals surface area contributed by atoms with Gasteiger partial charge >= 0.3 is 29.6 Å². The van der Waals surface area contributed by atoms with E-state index in [1.54, 1.807) is 0 Å². The molecule has 2 nitrogen and oxygen atoms in total. The summed E-state index contributed by atoms with van der Waals surface area (Å²) in [6.45, 7) is 0. The third kappa shape index (κ3) is 210. The molecular formula is C2H6BN2Na. The van der Waals surface area contributed by atoms with E-state index in [1.165, 1.54) is 13.0 Å². The van der Waals surface area contributed by atoms with Gasteiger partial charge in [0, 0.05) is 0 Å². The van der Waals surface area contributed by atoms with E-state index in [9.17, 15) is 0 Å². The fourth-order valence-electron chi connectivity index (χ4n) is 0. The summed E-state index contributed by atoms with van der Waals surface area (Å²) in [5, 5.41) is 7.10. The quantitative estimate of drug-likeness (QED) is 0.313. The number of hydrogen-bond acceptors (Lipinski definition) is 2. The zero-order valence-electron chi connectivity index (χ0n) is 5.10. The summed E-state index contributed by atoms with van der Waals surface area (Å²) in [5.74, 6) is 1.25. The van der Waals surface area contributed by atoms with Gasteiger partial charge in [-0.25, -0.2) is 5.26 Å². The second-order valence-corrected chi connectivity index (χ2v) is 0.129. The monoisotopic (exact) mass is 92.1 g/mol. The van der Waals surface area contributed by atoms with Crippen molar-refractivity contribution in [3.63, 3.8) is 0 Å². The van der Waals surface area contributed by atoms with Gasteiger partial charge in [0.2, 0.25) is 7.85 Å². The van der Waals surface area contributed by atoms with E-state index in [0.29, 0.717) is 0 Å². The smallest absolute Gasteiger partial charge is 1.00 e. The van der Waals surface area contributed by atoms with Gasteiger partial charge in [-0.1, -0.05) is 0 Å². The van der Waals surface area contributed by atoms with Crippen LogP contribution in [-0.4, -0.2) is 14.9 Å². The van der Waals surface area contributed by atoms with Crippen LogP contribution < -0.4 is 35.3 Å². The summed E-state index contributed by atoms with van der Waals surface area (Å²) < 4.78 is 0. The van der Waals surface area contributed by atoms with Gasteiger partial charge in [0.05, 0.1) is 0 Å². The third-order valence-electron chi connectivity index (χ3n) is 0. The van der Waals surface area contributed by atoms with Crippen LogP contribution in [0.25, 0.3) is 0 Å². The molecule has 4 heteroatoms. The number of hydrogen-bond donors (Lipinski definition) is 1. The summed E-state index contributed by atoms with van der Waals surface area (Å²) in [6.07, 6.45) is 0. The van der Waals surface area contributed by atoms with Crippen molar-refractivity contribution in [1.29, 1.82) is 5.26 Å². The van der Waals surface area contributed by atoms with Crippen LogP contribution in [0.3, 0.4) is 0 Å². The van der Waals surface area contributed by atoms with Crippen LogP contribution in [0.15, 0.2) is 0 Å². The first-order valence-electron chi connectivity index (χ1n) is 1.09. The van der Waals surface area contributed by atoms with Crippen molar-refractivity contribution in [2.45, 2.75) is 0 Å². The van der Waals surface area contributed by atoms with Gasteiger partial charge in [-0.05, 0) is 13.0 Å². The van der Waals surface area contributed by atoms with E-state index in [2.05, 4.69) is 13.6 Å². The van der Waals surface area contributed by atoms with E-state index in [-0.39, 0.29) is 31.0 Å². The fourth-order valence-corrected chi connectivity index (χ4v) is 0. The Balaban J connectivity index is -0.0000000105. The Kier molecular flexibility index (Phi) is 131. The molecule has 28 valence electrons. The number of nitriles is 1. The van der Waals surface area contributed by atoms with E-state index in [4.69, 9.17) is 5.26 Å². The first-order valence-corrected chi connectivity index (χ1v) is 1.09. The van der Waals surface area contributed by atoms with E-state index in [1.807, 2.05) is 0 Å². The van der Waals surface area contributed by atoms with Crippen LogP contribution in [-0.2, 0) is 0 Å². The van der Waals surface area contributed by atoms with Gasteiger partial charge < -0.3 is 7.16 Å². The number of nitrogens with zero attached hydrogens (tertiary/aromatic N) is 1. The largest absolute Gasteiger partial charge is 1.00 e. The molecule has 0 aromatic heterocycles. The fraction of sp³-hybridized carbons (Fsp3) is 0.500. The zero-order valence-corrected chi connectivity index (χ0v) is 6.10. The maximum Gasteiger partial charge on any atom is 1.00 e. The molecule has 2 N–H and O–H groups in total. The van der Waals surface area contributed by atoms with E-state index in [0.717, 1.165) is 0 Å². The molecule has 0 saturated heterocycles. The molecular weight excluding hydrogens is 85.8 g/mol. The van der Waals surface area contributed by atoms with E-state index >= 15 is 0 Å². The first-order chi connectivity index (χ1) is 2.41. The summed E-state index contributed by atoms with van der Waals surface area (Å²) in [6, 6.07) is 0. The van der Waals surface area contributed by atoms with Crippen molar-refractivity contribution in [2.75, 3.05) is 7.05 Å². The van der Waals surface area contributed by atoms with Crippen molar-refractivity contribution in [3.05, 3.63) is 0 Å². The van der Waals surface area contributed by atoms with E-state index < -0.39 is 0 Å². The summed E-state index contributed by atoms with van der Waals surface area (Å²) >= 11 is 0. The molecule has 0 aromatic rings. The summed E-state index contributed by atoms with van der Waals surface area (Å²) in [7, 11) is 5.65. The summed E-state index contributed by atoms with van der Waals surface area (Å²) in [5.41, 5.74) is 4.50. The third-order valence-corrected chi connectivity index (χ3v) is 0. The van der Waals surface area contributed by atoms with Crippen molar-refractivity contribution in [1.82, 2.24) is 0 Å². The minimum Gasteiger partial charge on any atom is -1.00 e. The van der Waals surface area contributed by atoms with Crippen LogP contribution in [0.5, 0.6) is 0 Å². The van der Waals surface area contributed by atoms with Gasteiger partial charge in [0.25, 0.3) is 0 Å². The molecule has 0 bridgehead atoms. The molecule has 0 atom stereocenters. The molecule has 0 aliphatic heterocycles. The molecule has 0 spiro atoms. The first kappa shape index (κ1) is 16.0. The Morgan fingerprint density at radius 2 is 1.83 bits per heavy atom. The summed E-state index contributed by atoms with van der Waals surface area (Å²) in [4.78, 5) is 0.